The molecular formula is C25H25N3O3. The largest absolute Gasteiger partial charge is 0.486 e. The summed E-state index contributed by atoms with van der Waals surface area (Å²) in [5, 5.41) is 0. The predicted molar refractivity (Wildman–Crippen MR) is 122 cm³/mol. The van der Waals surface area contributed by atoms with Crippen molar-refractivity contribution in [2.24, 2.45) is 7.05 Å². The average molecular weight is 415 g/mol. The summed E-state index contributed by atoms with van der Waals surface area (Å²) in [6.07, 6.45) is 0. The molecule has 0 unspecified atom stereocenters. The van der Waals surface area contributed by atoms with Crippen LogP contribution in [0.5, 0.6) is 17.2 Å². The van der Waals surface area contributed by atoms with E-state index < -0.39 is 0 Å². The summed E-state index contributed by atoms with van der Waals surface area (Å²) in [6, 6.07) is 16.8. The summed E-state index contributed by atoms with van der Waals surface area (Å²) in [4.78, 5) is 16.1. The van der Waals surface area contributed by atoms with Gasteiger partial charge in [-0.1, -0.05) is 0 Å². The molecule has 6 heteroatoms. The quantitative estimate of drug-likeness (QED) is 0.339. The fourth-order valence-electron chi connectivity index (χ4n) is 3.48. The monoisotopic (exact) mass is 415 g/mol. The van der Waals surface area contributed by atoms with Crippen molar-refractivity contribution in [1.29, 1.82) is 0 Å². The lowest BCUT2D eigenvalue weighted by Crippen LogP contribution is -2.03. The average Bonchev–Trinajstić information content (AvgIpc) is 3.06. The first-order valence-electron chi connectivity index (χ1n) is 10.1. The summed E-state index contributed by atoms with van der Waals surface area (Å²) in [5.74, 6) is 3.00. The third kappa shape index (κ3) is 4.23. The van der Waals surface area contributed by atoms with Gasteiger partial charge in [-0.15, -0.1) is 0 Å². The maximum atomic E-state index is 11.4. The molecule has 0 saturated heterocycles. The molecule has 0 bridgehead atoms. The van der Waals surface area contributed by atoms with Gasteiger partial charge in [-0.05, 0) is 80.4 Å². The van der Waals surface area contributed by atoms with Crippen LogP contribution < -0.4 is 15.2 Å². The summed E-state index contributed by atoms with van der Waals surface area (Å²) < 4.78 is 13.9. The number of hydrogen-bond donors (Lipinski definition) is 1. The zero-order valence-corrected chi connectivity index (χ0v) is 18.1. The Hall–Kier alpha value is -3.80. The van der Waals surface area contributed by atoms with E-state index in [4.69, 9.17) is 15.2 Å². The van der Waals surface area contributed by atoms with Crippen LogP contribution in [0.15, 0.2) is 54.6 Å². The highest BCUT2D eigenvalue weighted by Gasteiger charge is 2.11. The molecule has 0 fully saturated rings. The molecule has 0 amide bonds. The predicted octanol–water partition coefficient (Wildman–Crippen LogP) is 5.35. The van der Waals surface area contributed by atoms with Crippen LogP contribution in [-0.2, 0) is 13.7 Å². The number of carbonyl (C=O) groups excluding carboxylic acids is 1. The second-order valence-corrected chi connectivity index (χ2v) is 7.68. The summed E-state index contributed by atoms with van der Waals surface area (Å²) in [7, 11) is 1.95. The zero-order valence-electron chi connectivity index (χ0n) is 18.1. The number of nitrogens with zero attached hydrogens (tertiary/aromatic N) is 2. The second kappa shape index (κ2) is 8.14. The Balaban J connectivity index is 1.53. The first kappa shape index (κ1) is 20.5. The van der Waals surface area contributed by atoms with Gasteiger partial charge in [-0.3, -0.25) is 4.79 Å². The van der Waals surface area contributed by atoms with Gasteiger partial charge in [0, 0.05) is 24.4 Å². The second-order valence-electron chi connectivity index (χ2n) is 7.68. The van der Waals surface area contributed by atoms with Gasteiger partial charge in [0.2, 0.25) is 0 Å². The number of Topliss-reactive ketones (excluding diaryl/α,β-unsaturated/α-hetero) is 1. The lowest BCUT2D eigenvalue weighted by molar-refractivity contribution is 0.101. The fourth-order valence-corrected chi connectivity index (χ4v) is 3.48. The van der Waals surface area contributed by atoms with Crippen LogP contribution in [0.1, 0.15) is 34.2 Å². The van der Waals surface area contributed by atoms with Gasteiger partial charge in [0.1, 0.15) is 29.7 Å². The van der Waals surface area contributed by atoms with Gasteiger partial charge in [0.25, 0.3) is 0 Å². The van der Waals surface area contributed by atoms with Gasteiger partial charge in [-0.25, -0.2) is 4.98 Å². The number of hydrogen-bond acceptors (Lipinski definition) is 5. The van der Waals surface area contributed by atoms with Crippen LogP contribution in [0.2, 0.25) is 0 Å². The van der Waals surface area contributed by atoms with Crippen LogP contribution in [0.4, 0.5) is 5.69 Å². The molecule has 6 nitrogen and oxygen atoms in total. The van der Waals surface area contributed by atoms with E-state index in [1.54, 1.807) is 31.2 Å². The third-order valence-electron chi connectivity index (χ3n) is 5.38. The Labute approximate surface area is 181 Å². The Morgan fingerprint density at radius 2 is 1.61 bits per heavy atom. The number of aryl methyl sites for hydroxylation is 3. The Morgan fingerprint density at radius 1 is 0.968 bits per heavy atom. The topological polar surface area (TPSA) is 79.4 Å². The number of rotatable bonds is 6. The lowest BCUT2D eigenvalue weighted by atomic mass is 10.1. The molecule has 0 aliphatic carbocycles. The normalized spacial score (nSPS) is 11.0. The molecule has 4 rings (SSSR count). The molecule has 2 N–H and O–H groups in total. The molecule has 0 spiro atoms. The van der Waals surface area contributed by atoms with E-state index in [1.165, 1.54) is 0 Å². The third-order valence-corrected chi connectivity index (χ3v) is 5.38. The standard InChI is InChI=1S/C25H25N3O3/c1-15-11-21(12-16(2)25(15)26)31-20-9-10-22-23(13-20)28(4)24(27-22)14-30-19-7-5-18(6-8-19)17(3)29/h5-13H,14,26H2,1-4H3. The van der Waals surface area contributed by atoms with Crippen molar-refractivity contribution in [2.75, 3.05) is 5.73 Å². The smallest absolute Gasteiger partial charge is 0.159 e. The number of aromatic nitrogens is 2. The summed E-state index contributed by atoms with van der Waals surface area (Å²) in [5.41, 5.74) is 11.3. The van der Waals surface area contributed by atoms with E-state index in [0.717, 1.165) is 45.2 Å². The van der Waals surface area contributed by atoms with E-state index >= 15 is 0 Å². The molecule has 1 heterocycles. The molecule has 3 aromatic carbocycles. The van der Waals surface area contributed by atoms with Gasteiger partial charge >= 0.3 is 0 Å². The molecule has 0 radical (unpaired) electrons. The zero-order chi connectivity index (χ0) is 22.1. The number of anilines is 1. The van der Waals surface area contributed by atoms with Crippen molar-refractivity contribution < 1.29 is 14.3 Å². The van der Waals surface area contributed by atoms with Crippen LogP contribution in [0.25, 0.3) is 11.0 Å². The minimum Gasteiger partial charge on any atom is -0.486 e. The Bertz CT molecular complexity index is 1250. The number of fused-ring (bicyclic) bond motifs is 1. The SMILES string of the molecule is CC(=O)c1ccc(OCc2nc3ccc(Oc4cc(C)c(N)c(C)c4)cc3n2C)cc1. The fraction of sp³-hybridized carbons (Fsp3) is 0.200. The van der Waals surface area contributed by atoms with E-state index in [1.807, 2.05) is 55.8 Å². The first-order valence-corrected chi connectivity index (χ1v) is 10.1. The number of nitrogen functional groups attached to an aromatic ring is 1. The van der Waals surface area contributed by atoms with Crippen LogP contribution in [0, 0.1) is 13.8 Å². The maximum Gasteiger partial charge on any atom is 0.159 e. The Morgan fingerprint density at radius 3 is 2.26 bits per heavy atom. The number of imidazole rings is 1. The minimum absolute atomic E-state index is 0.0317. The van der Waals surface area contributed by atoms with Crippen LogP contribution in [0.3, 0.4) is 0 Å². The molecule has 4 aromatic rings. The van der Waals surface area contributed by atoms with Gasteiger partial charge in [0.05, 0.1) is 11.0 Å². The van der Waals surface area contributed by atoms with Crippen molar-refractivity contribution >= 4 is 22.5 Å². The van der Waals surface area contributed by atoms with Gasteiger partial charge in [0.15, 0.2) is 5.78 Å². The highest BCUT2D eigenvalue weighted by atomic mass is 16.5. The summed E-state index contributed by atoms with van der Waals surface area (Å²) >= 11 is 0. The van der Waals surface area contributed by atoms with Crippen LogP contribution in [-0.4, -0.2) is 15.3 Å². The lowest BCUT2D eigenvalue weighted by Gasteiger charge is -2.11. The molecule has 0 aliphatic heterocycles. The molecule has 0 aliphatic rings. The van der Waals surface area contributed by atoms with Crippen molar-refractivity contribution in [2.45, 2.75) is 27.4 Å². The number of benzene rings is 3. The molecular weight excluding hydrogens is 390 g/mol. The van der Waals surface area contributed by atoms with Crippen molar-refractivity contribution in [1.82, 2.24) is 9.55 Å². The van der Waals surface area contributed by atoms with Crippen molar-refractivity contribution in [3.05, 3.63) is 77.1 Å². The van der Waals surface area contributed by atoms with Crippen LogP contribution >= 0.6 is 0 Å². The van der Waals surface area contributed by atoms with Crippen molar-refractivity contribution in [3.63, 3.8) is 0 Å². The highest BCUT2D eigenvalue weighted by Crippen LogP contribution is 2.30. The van der Waals surface area contributed by atoms with E-state index in [2.05, 4.69) is 4.98 Å². The van der Waals surface area contributed by atoms with Crippen molar-refractivity contribution in [3.8, 4) is 17.2 Å². The van der Waals surface area contributed by atoms with Gasteiger partial charge in [-0.2, -0.15) is 0 Å². The molecule has 0 saturated carbocycles. The maximum absolute atomic E-state index is 11.4. The van der Waals surface area contributed by atoms with E-state index in [9.17, 15) is 4.79 Å². The number of ketones is 1. The Kier molecular flexibility index (Phi) is 5.38. The molecule has 1 aromatic heterocycles. The number of nitrogens with two attached hydrogens (primary N) is 1. The molecule has 31 heavy (non-hydrogen) atoms. The molecule has 158 valence electrons. The minimum atomic E-state index is 0.0317. The summed E-state index contributed by atoms with van der Waals surface area (Å²) in [6.45, 7) is 5.80. The molecule has 0 atom stereocenters. The van der Waals surface area contributed by atoms with E-state index in [-0.39, 0.29) is 5.78 Å². The van der Waals surface area contributed by atoms with E-state index in [0.29, 0.717) is 17.9 Å². The number of carbonyl (C=O) groups is 1. The number of ether oxygens (including phenoxy) is 2. The van der Waals surface area contributed by atoms with Gasteiger partial charge < -0.3 is 19.8 Å². The highest BCUT2D eigenvalue weighted by molar-refractivity contribution is 5.94. The first-order chi connectivity index (χ1) is 14.8.